The molecule has 0 saturated heterocycles. The zero-order chi connectivity index (χ0) is 9.64. The van der Waals surface area contributed by atoms with Gasteiger partial charge in [0.05, 0.1) is 6.61 Å². The summed E-state index contributed by atoms with van der Waals surface area (Å²) in [6.07, 6.45) is 0. The first-order chi connectivity index (χ1) is 6.95. The van der Waals surface area contributed by atoms with Crippen molar-refractivity contribution in [2.24, 2.45) is 0 Å². The van der Waals surface area contributed by atoms with Gasteiger partial charge in [0.25, 0.3) is 0 Å². The van der Waals surface area contributed by atoms with E-state index in [1.54, 1.807) is 5.51 Å². The van der Waals surface area contributed by atoms with E-state index in [0.29, 0.717) is 13.2 Å². The number of aromatic nitrogens is 2. The van der Waals surface area contributed by atoms with Crippen molar-refractivity contribution in [1.29, 1.82) is 0 Å². The number of hydrogen-bond acceptors (Lipinski definition) is 4. The average molecular weight is 206 g/mol. The van der Waals surface area contributed by atoms with E-state index in [0.717, 1.165) is 5.01 Å². The van der Waals surface area contributed by atoms with Crippen LogP contribution in [0.2, 0.25) is 0 Å². The molecule has 3 nitrogen and oxygen atoms in total. The molecule has 0 radical (unpaired) electrons. The van der Waals surface area contributed by atoms with E-state index in [1.807, 2.05) is 30.3 Å². The second-order valence-corrected chi connectivity index (χ2v) is 3.73. The van der Waals surface area contributed by atoms with E-state index in [-0.39, 0.29) is 0 Å². The molecule has 14 heavy (non-hydrogen) atoms. The van der Waals surface area contributed by atoms with Crippen LogP contribution in [0.5, 0.6) is 0 Å². The minimum absolute atomic E-state index is 0.541. The van der Waals surface area contributed by atoms with Crippen LogP contribution in [0.1, 0.15) is 10.6 Å². The van der Waals surface area contributed by atoms with Crippen LogP contribution in [0.3, 0.4) is 0 Å². The Labute approximate surface area is 86.4 Å². The molecule has 0 atom stereocenters. The molecule has 0 N–H and O–H groups in total. The third-order valence-electron chi connectivity index (χ3n) is 1.74. The summed E-state index contributed by atoms with van der Waals surface area (Å²) in [5, 5.41) is 8.54. The monoisotopic (exact) mass is 206 g/mol. The van der Waals surface area contributed by atoms with Crippen molar-refractivity contribution in [3.63, 3.8) is 0 Å². The normalized spacial score (nSPS) is 10.3. The number of nitrogens with zero attached hydrogens (tertiary/aromatic N) is 2. The molecule has 2 rings (SSSR count). The Hall–Kier alpha value is -1.26. The Morgan fingerprint density at radius 3 is 2.71 bits per heavy atom. The van der Waals surface area contributed by atoms with Gasteiger partial charge in [-0.1, -0.05) is 30.3 Å². The molecule has 1 aromatic heterocycles. The van der Waals surface area contributed by atoms with Gasteiger partial charge in [-0.2, -0.15) is 0 Å². The van der Waals surface area contributed by atoms with E-state index in [9.17, 15) is 0 Å². The number of rotatable bonds is 4. The van der Waals surface area contributed by atoms with Crippen molar-refractivity contribution in [2.45, 2.75) is 13.2 Å². The second kappa shape index (κ2) is 4.83. The summed E-state index contributed by atoms with van der Waals surface area (Å²) in [5.74, 6) is 0. The van der Waals surface area contributed by atoms with Gasteiger partial charge in [-0.15, -0.1) is 21.5 Å². The van der Waals surface area contributed by atoms with Gasteiger partial charge in [0.2, 0.25) is 0 Å². The minimum Gasteiger partial charge on any atom is -0.370 e. The molecule has 1 aromatic carbocycles. The summed E-state index contributed by atoms with van der Waals surface area (Å²) in [6, 6.07) is 10.1. The van der Waals surface area contributed by atoms with Crippen LogP contribution in [-0.2, 0) is 18.0 Å². The first-order valence-electron chi connectivity index (χ1n) is 4.32. The molecule has 0 unspecified atom stereocenters. The second-order valence-electron chi connectivity index (χ2n) is 2.81. The van der Waals surface area contributed by atoms with Crippen molar-refractivity contribution in [3.8, 4) is 0 Å². The fourth-order valence-electron chi connectivity index (χ4n) is 1.09. The Balaban J connectivity index is 1.79. The van der Waals surface area contributed by atoms with Crippen molar-refractivity contribution in [1.82, 2.24) is 10.2 Å². The predicted octanol–water partition coefficient (Wildman–Crippen LogP) is 2.25. The maximum atomic E-state index is 5.47. The van der Waals surface area contributed by atoms with Gasteiger partial charge in [-0.05, 0) is 5.56 Å². The summed E-state index contributed by atoms with van der Waals surface area (Å²) < 4.78 is 5.47. The zero-order valence-electron chi connectivity index (χ0n) is 7.59. The quantitative estimate of drug-likeness (QED) is 0.769. The lowest BCUT2D eigenvalue weighted by molar-refractivity contribution is 0.106. The van der Waals surface area contributed by atoms with Crippen LogP contribution in [-0.4, -0.2) is 10.2 Å². The van der Waals surface area contributed by atoms with Gasteiger partial charge in [-0.3, -0.25) is 0 Å². The summed E-state index contributed by atoms with van der Waals surface area (Å²) in [7, 11) is 0. The van der Waals surface area contributed by atoms with Gasteiger partial charge in [0.15, 0.2) is 0 Å². The van der Waals surface area contributed by atoms with Crippen molar-refractivity contribution >= 4 is 11.3 Å². The number of ether oxygens (including phenoxy) is 1. The maximum Gasteiger partial charge on any atom is 0.143 e. The Kier molecular flexibility index (Phi) is 3.21. The molecule has 2 aromatic rings. The van der Waals surface area contributed by atoms with Crippen LogP contribution in [0.15, 0.2) is 35.8 Å². The zero-order valence-corrected chi connectivity index (χ0v) is 8.41. The molecule has 4 heteroatoms. The molecule has 0 amide bonds. The molecule has 1 heterocycles. The van der Waals surface area contributed by atoms with Crippen LogP contribution in [0.25, 0.3) is 0 Å². The lowest BCUT2D eigenvalue weighted by Crippen LogP contribution is -1.93. The number of benzene rings is 1. The molecular formula is C10H10N2OS. The van der Waals surface area contributed by atoms with E-state index in [4.69, 9.17) is 4.74 Å². The molecule has 0 fully saturated rings. The fraction of sp³-hybridized carbons (Fsp3) is 0.200. The van der Waals surface area contributed by atoms with Gasteiger partial charge in [0.1, 0.15) is 17.1 Å². The molecule has 0 aliphatic carbocycles. The van der Waals surface area contributed by atoms with Crippen molar-refractivity contribution in [2.75, 3.05) is 0 Å². The van der Waals surface area contributed by atoms with E-state index in [2.05, 4.69) is 10.2 Å². The molecule has 0 spiro atoms. The third-order valence-corrected chi connectivity index (χ3v) is 2.41. The molecule has 0 bridgehead atoms. The molecule has 72 valence electrons. The summed E-state index contributed by atoms with van der Waals surface area (Å²) >= 11 is 1.51. The highest BCUT2D eigenvalue weighted by molar-refractivity contribution is 7.09. The average Bonchev–Trinajstić information content (AvgIpc) is 2.72. The summed E-state index contributed by atoms with van der Waals surface area (Å²) in [5.41, 5.74) is 2.89. The standard InChI is InChI=1S/C10H10N2OS/c1-2-4-9(5-3-1)6-13-7-10-12-11-8-14-10/h1-5,8H,6-7H2. The molecule has 0 saturated carbocycles. The molecular weight excluding hydrogens is 196 g/mol. The van der Waals surface area contributed by atoms with Gasteiger partial charge in [0, 0.05) is 0 Å². The van der Waals surface area contributed by atoms with Crippen molar-refractivity contribution in [3.05, 3.63) is 46.4 Å². The van der Waals surface area contributed by atoms with E-state index in [1.165, 1.54) is 16.9 Å². The summed E-state index contributed by atoms with van der Waals surface area (Å²) in [6.45, 7) is 1.17. The smallest absolute Gasteiger partial charge is 0.143 e. The fourth-order valence-corrected chi connectivity index (χ4v) is 1.55. The Bertz CT molecular complexity index is 361. The first kappa shape index (κ1) is 9.30. The van der Waals surface area contributed by atoms with Gasteiger partial charge < -0.3 is 4.74 Å². The lowest BCUT2D eigenvalue weighted by atomic mass is 10.2. The Morgan fingerprint density at radius 1 is 1.14 bits per heavy atom. The SMILES string of the molecule is c1ccc(COCc2nncs2)cc1. The van der Waals surface area contributed by atoms with E-state index >= 15 is 0 Å². The minimum atomic E-state index is 0.541. The Morgan fingerprint density at radius 2 is 2.00 bits per heavy atom. The van der Waals surface area contributed by atoms with Crippen molar-refractivity contribution < 1.29 is 4.74 Å². The highest BCUT2D eigenvalue weighted by atomic mass is 32.1. The van der Waals surface area contributed by atoms with Crippen LogP contribution < -0.4 is 0 Å². The van der Waals surface area contributed by atoms with Gasteiger partial charge >= 0.3 is 0 Å². The predicted molar refractivity (Wildman–Crippen MR) is 54.8 cm³/mol. The topological polar surface area (TPSA) is 35.0 Å². The van der Waals surface area contributed by atoms with Crippen LogP contribution in [0.4, 0.5) is 0 Å². The largest absolute Gasteiger partial charge is 0.370 e. The van der Waals surface area contributed by atoms with E-state index < -0.39 is 0 Å². The molecule has 0 aliphatic rings. The first-order valence-corrected chi connectivity index (χ1v) is 5.20. The maximum absolute atomic E-state index is 5.47. The van der Waals surface area contributed by atoms with Crippen LogP contribution in [0, 0.1) is 0 Å². The van der Waals surface area contributed by atoms with Crippen LogP contribution >= 0.6 is 11.3 Å². The summed E-state index contributed by atoms with van der Waals surface area (Å²) in [4.78, 5) is 0. The highest BCUT2D eigenvalue weighted by Gasteiger charge is 1.96. The number of hydrogen-bond donors (Lipinski definition) is 0. The lowest BCUT2D eigenvalue weighted by Gasteiger charge is -2.00. The van der Waals surface area contributed by atoms with Gasteiger partial charge in [-0.25, -0.2) is 0 Å². The molecule has 0 aliphatic heterocycles. The highest BCUT2D eigenvalue weighted by Crippen LogP contribution is 2.06. The third kappa shape index (κ3) is 2.61.